The summed E-state index contributed by atoms with van der Waals surface area (Å²) in [5, 5.41) is 2.90. The van der Waals surface area contributed by atoms with Gasteiger partial charge in [0.1, 0.15) is 17.5 Å². The lowest BCUT2D eigenvalue weighted by Crippen LogP contribution is -2.48. The van der Waals surface area contributed by atoms with Gasteiger partial charge in [0.2, 0.25) is 21.8 Å². The minimum absolute atomic E-state index is 0.0773. The van der Waals surface area contributed by atoms with Crippen LogP contribution >= 0.6 is 0 Å². The molecule has 1 N–H and O–H groups in total. The van der Waals surface area contributed by atoms with E-state index < -0.39 is 16.1 Å². The average molecular weight is 534 g/mol. The Hall–Kier alpha value is -3.27. The summed E-state index contributed by atoms with van der Waals surface area (Å²) in [5.41, 5.74) is 1.32. The van der Waals surface area contributed by atoms with Crippen molar-refractivity contribution in [2.45, 2.75) is 46.2 Å². The summed E-state index contributed by atoms with van der Waals surface area (Å²) in [4.78, 5) is 27.7. The maximum atomic E-state index is 13.4. The topological polar surface area (TPSA) is 105 Å². The molecule has 204 valence electrons. The number of nitrogens with zero attached hydrogens (tertiary/aromatic N) is 2. The van der Waals surface area contributed by atoms with Crippen LogP contribution < -0.4 is 19.1 Å². The van der Waals surface area contributed by atoms with E-state index in [4.69, 9.17) is 9.47 Å². The fourth-order valence-electron chi connectivity index (χ4n) is 3.75. The van der Waals surface area contributed by atoms with Crippen molar-refractivity contribution in [2.24, 2.45) is 5.92 Å². The molecule has 0 aliphatic heterocycles. The monoisotopic (exact) mass is 533 g/mol. The third-order valence-electron chi connectivity index (χ3n) is 5.85. The van der Waals surface area contributed by atoms with E-state index in [0.717, 1.165) is 11.8 Å². The number of nitrogens with one attached hydrogen (secondary N) is 1. The predicted molar refractivity (Wildman–Crippen MR) is 145 cm³/mol. The third kappa shape index (κ3) is 9.27. The molecule has 2 amide bonds. The maximum absolute atomic E-state index is 13.4. The van der Waals surface area contributed by atoms with E-state index in [-0.39, 0.29) is 43.7 Å². The molecule has 0 aliphatic rings. The highest BCUT2D eigenvalue weighted by atomic mass is 32.2. The van der Waals surface area contributed by atoms with E-state index in [1.807, 2.05) is 38.1 Å². The van der Waals surface area contributed by atoms with Crippen LogP contribution in [0.2, 0.25) is 0 Å². The van der Waals surface area contributed by atoms with Gasteiger partial charge in [0.25, 0.3) is 0 Å². The molecule has 0 aromatic heterocycles. The number of carbonyl (C=O) groups is 2. The average Bonchev–Trinajstić information content (AvgIpc) is 2.87. The largest absolute Gasteiger partial charge is 0.497 e. The quantitative estimate of drug-likeness (QED) is 0.399. The van der Waals surface area contributed by atoms with Crippen LogP contribution in [-0.4, -0.2) is 64.7 Å². The number of sulfonamides is 1. The summed E-state index contributed by atoms with van der Waals surface area (Å²) in [5.74, 6) is 1.08. The van der Waals surface area contributed by atoms with Crippen molar-refractivity contribution < 1.29 is 27.5 Å². The molecular formula is C27H39N3O6S. The van der Waals surface area contributed by atoms with Gasteiger partial charge < -0.3 is 19.7 Å². The van der Waals surface area contributed by atoms with Crippen molar-refractivity contribution in [1.29, 1.82) is 0 Å². The summed E-state index contributed by atoms with van der Waals surface area (Å²) in [6.07, 6.45) is 1.50. The van der Waals surface area contributed by atoms with E-state index in [1.54, 1.807) is 38.3 Å². The molecule has 0 saturated heterocycles. The van der Waals surface area contributed by atoms with E-state index in [2.05, 4.69) is 5.32 Å². The first-order valence-electron chi connectivity index (χ1n) is 12.3. The van der Waals surface area contributed by atoms with Crippen LogP contribution in [0.5, 0.6) is 11.5 Å². The molecule has 0 unspecified atom stereocenters. The molecule has 37 heavy (non-hydrogen) atoms. The van der Waals surface area contributed by atoms with Crippen LogP contribution in [0.4, 0.5) is 5.69 Å². The highest BCUT2D eigenvalue weighted by Crippen LogP contribution is 2.22. The second-order valence-corrected chi connectivity index (χ2v) is 11.2. The summed E-state index contributed by atoms with van der Waals surface area (Å²) in [6, 6.07) is 13.3. The Kier molecular flexibility index (Phi) is 11.2. The van der Waals surface area contributed by atoms with Gasteiger partial charge in [-0.1, -0.05) is 26.0 Å². The zero-order chi connectivity index (χ0) is 27.6. The third-order valence-corrected chi connectivity index (χ3v) is 7.05. The number of methoxy groups -OCH3 is 2. The smallest absolute Gasteiger partial charge is 0.242 e. The number of hydrogen-bond acceptors (Lipinski definition) is 6. The first kappa shape index (κ1) is 30.0. The number of ether oxygens (including phenoxy) is 2. The van der Waals surface area contributed by atoms with Crippen LogP contribution in [-0.2, 0) is 26.2 Å². The maximum Gasteiger partial charge on any atom is 0.242 e. The summed E-state index contributed by atoms with van der Waals surface area (Å²) in [6.45, 7) is 6.56. The lowest BCUT2D eigenvalue weighted by molar-refractivity contribution is -0.140. The standard InChI is InChI=1S/C27H39N3O6S/c1-20(2)18-28-27(32)21(3)29(19-22-9-7-10-25(17-22)36-5)26(31)11-8-16-30(37(6,33)34)23-12-14-24(35-4)15-13-23/h7,9-10,12-15,17,20-21H,8,11,16,18-19H2,1-6H3,(H,28,32)/t21-/m0/s1. The number of amides is 2. The van der Waals surface area contributed by atoms with Crippen LogP contribution in [0.25, 0.3) is 0 Å². The van der Waals surface area contributed by atoms with E-state index in [1.165, 1.54) is 16.3 Å². The molecule has 2 aromatic rings. The van der Waals surface area contributed by atoms with Crippen molar-refractivity contribution in [3.05, 3.63) is 54.1 Å². The van der Waals surface area contributed by atoms with E-state index >= 15 is 0 Å². The molecular weight excluding hydrogens is 494 g/mol. The Morgan fingerprint density at radius 2 is 1.62 bits per heavy atom. The van der Waals surface area contributed by atoms with Gasteiger partial charge in [0.05, 0.1) is 26.2 Å². The second-order valence-electron chi connectivity index (χ2n) is 9.32. The van der Waals surface area contributed by atoms with Crippen LogP contribution in [0.3, 0.4) is 0 Å². The Balaban J connectivity index is 2.17. The zero-order valence-electron chi connectivity index (χ0n) is 22.6. The molecule has 0 fully saturated rings. The van der Waals surface area contributed by atoms with Gasteiger partial charge >= 0.3 is 0 Å². The predicted octanol–water partition coefficient (Wildman–Crippen LogP) is 3.44. The molecule has 2 aromatic carbocycles. The number of hydrogen-bond donors (Lipinski definition) is 1. The number of rotatable bonds is 14. The van der Waals surface area contributed by atoms with Crippen LogP contribution in [0.1, 0.15) is 39.2 Å². The zero-order valence-corrected chi connectivity index (χ0v) is 23.4. The molecule has 0 aliphatic carbocycles. The van der Waals surface area contributed by atoms with Gasteiger partial charge in [-0.2, -0.15) is 0 Å². The molecule has 0 heterocycles. The van der Waals surface area contributed by atoms with Crippen molar-refractivity contribution in [1.82, 2.24) is 10.2 Å². The SMILES string of the molecule is COc1ccc(N(CCCC(=O)N(Cc2cccc(OC)c2)[C@@H](C)C(=O)NCC(C)C)S(C)(=O)=O)cc1. The second kappa shape index (κ2) is 13.9. The molecule has 0 radical (unpaired) electrons. The number of anilines is 1. The first-order valence-corrected chi connectivity index (χ1v) is 14.1. The molecule has 9 nitrogen and oxygen atoms in total. The molecule has 0 spiro atoms. The van der Waals surface area contributed by atoms with Crippen molar-refractivity contribution in [2.75, 3.05) is 37.9 Å². The lowest BCUT2D eigenvalue weighted by Gasteiger charge is -2.30. The Morgan fingerprint density at radius 1 is 0.973 bits per heavy atom. The van der Waals surface area contributed by atoms with Gasteiger partial charge in [-0.25, -0.2) is 8.42 Å². The Morgan fingerprint density at radius 3 is 2.19 bits per heavy atom. The fourth-order valence-corrected chi connectivity index (χ4v) is 4.72. The van der Waals surface area contributed by atoms with Gasteiger partial charge in [-0.3, -0.25) is 13.9 Å². The Labute approximate surface area is 220 Å². The summed E-state index contributed by atoms with van der Waals surface area (Å²) < 4.78 is 36.6. The highest BCUT2D eigenvalue weighted by Gasteiger charge is 2.27. The van der Waals surface area contributed by atoms with Crippen LogP contribution in [0, 0.1) is 5.92 Å². The van der Waals surface area contributed by atoms with Gasteiger partial charge in [-0.15, -0.1) is 0 Å². The molecule has 1 atom stereocenters. The molecule has 0 bridgehead atoms. The van der Waals surface area contributed by atoms with E-state index in [9.17, 15) is 18.0 Å². The summed E-state index contributed by atoms with van der Waals surface area (Å²) >= 11 is 0. The Bertz CT molecular complexity index is 1140. The first-order chi connectivity index (χ1) is 17.5. The number of carbonyl (C=O) groups excluding carboxylic acids is 2. The van der Waals surface area contributed by atoms with Crippen molar-refractivity contribution >= 4 is 27.5 Å². The van der Waals surface area contributed by atoms with Crippen LogP contribution in [0.15, 0.2) is 48.5 Å². The molecule has 10 heteroatoms. The highest BCUT2D eigenvalue weighted by molar-refractivity contribution is 7.92. The molecule has 2 rings (SSSR count). The van der Waals surface area contributed by atoms with Crippen molar-refractivity contribution in [3.63, 3.8) is 0 Å². The fraction of sp³-hybridized carbons (Fsp3) is 0.481. The van der Waals surface area contributed by atoms with E-state index in [0.29, 0.717) is 23.7 Å². The van der Waals surface area contributed by atoms with Gasteiger partial charge in [-0.05, 0) is 61.2 Å². The molecule has 0 saturated carbocycles. The van der Waals surface area contributed by atoms with Gasteiger partial charge in [0.15, 0.2) is 0 Å². The summed E-state index contributed by atoms with van der Waals surface area (Å²) in [7, 11) is -0.460. The number of benzene rings is 2. The minimum atomic E-state index is -3.57. The van der Waals surface area contributed by atoms with Crippen molar-refractivity contribution in [3.8, 4) is 11.5 Å². The minimum Gasteiger partial charge on any atom is -0.497 e. The normalized spacial score (nSPS) is 12.1. The lowest BCUT2D eigenvalue weighted by atomic mass is 10.1. The van der Waals surface area contributed by atoms with Gasteiger partial charge in [0, 0.05) is 26.1 Å².